The second-order valence-electron chi connectivity index (χ2n) is 6.15. The van der Waals surface area contributed by atoms with Crippen LogP contribution in [0.5, 0.6) is 0 Å². The first-order chi connectivity index (χ1) is 7.65. The van der Waals surface area contributed by atoms with Crippen LogP contribution in [0.1, 0.15) is 58.8 Å². The van der Waals surface area contributed by atoms with Gasteiger partial charge in [-0.25, -0.2) is 0 Å². The fourth-order valence-corrected chi connectivity index (χ4v) is 3.26. The summed E-state index contributed by atoms with van der Waals surface area (Å²) >= 11 is 0. The summed E-state index contributed by atoms with van der Waals surface area (Å²) in [5, 5.41) is 0. The molecule has 2 rings (SSSR count). The van der Waals surface area contributed by atoms with Crippen LogP contribution in [-0.4, -0.2) is 18.2 Å². The van der Waals surface area contributed by atoms with Crippen molar-refractivity contribution in [3.8, 4) is 0 Å². The molecule has 5 atom stereocenters. The van der Waals surface area contributed by atoms with Crippen LogP contribution in [-0.2, 0) is 4.74 Å². The van der Waals surface area contributed by atoms with Crippen LogP contribution in [0, 0.1) is 11.8 Å². The smallest absolute Gasteiger partial charge is 0.0732 e. The van der Waals surface area contributed by atoms with Gasteiger partial charge in [-0.15, -0.1) is 0 Å². The molecule has 0 aromatic rings. The molecule has 0 spiro atoms. The van der Waals surface area contributed by atoms with Crippen molar-refractivity contribution in [3.05, 3.63) is 0 Å². The summed E-state index contributed by atoms with van der Waals surface area (Å²) < 4.78 is 6.26. The zero-order valence-electron chi connectivity index (χ0n) is 10.8. The SMILES string of the molecule is CC1CCCC(OC2CC(C)CCC2N)C1. The third-order valence-corrected chi connectivity index (χ3v) is 4.36. The van der Waals surface area contributed by atoms with E-state index < -0.39 is 0 Å². The molecule has 94 valence electrons. The summed E-state index contributed by atoms with van der Waals surface area (Å²) in [6, 6.07) is 0.286. The van der Waals surface area contributed by atoms with Crippen molar-refractivity contribution in [2.75, 3.05) is 0 Å². The van der Waals surface area contributed by atoms with E-state index in [1.807, 2.05) is 0 Å². The average Bonchev–Trinajstić information content (AvgIpc) is 2.24. The number of ether oxygens (including phenoxy) is 1. The maximum Gasteiger partial charge on any atom is 0.0732 e. The largest absolute Gasteiger partial charge is 0.373 e. The molecule has 2 aliphatic rings. The van der Waals surface area contributed by atoms with Gasteiger partial charge in [-0.1, -0.05) is 26.7 Å². The monoisotopic (exact) mass is 225 g/mol. The van der Waals surface area contributed by atoms with E-state index in [4.69, 9.17) is 10.5 Å². The molecule has 0 bridgehead atoms. The lowest BCUT2D eigenvalue weighted by atomic mass is 9.84. The molecule has 0 aromatic carbocycles. The zero-order valence-corrected chi connectivity index (χ0v) is 10.8. The molecule has 2 fully saturated rings. The molecule has 16 heavy (non-hydrogen) atoms. The number of hydrogen-bond donors (Lipinski definition) is 1. The fourth-order valence-electron chi connectivity index (χ4n) is 3.26. The normalized spacial score (nSPS) is 45.6. The van der Waals surface area contributed by atoms with E-state index in [0.29, 0.717) is 12.2 Å². The van der Waals surface area contributed by atoms with E-state index >= 15 is 0 Å². The number of hydrogen-bond acceptors (Lipinski definition) is 2. The lowest BCUT2D eigenvalue weighted by Gasteiger charge is -2.37. The Morgan fingerprint density at radius 3 is 2.44 bits per heavy atom. The first-order valence-corrected chi connectivity index (χ1v) is 7.06. The third kappa shape index (κ3) is 3.21. The van der Waals surface area contributed by atoms with Gasteiger partial charge in [-0.2, -0.15) is 0 Å². The predicted octanol–water partition coefficient (Wildman–Crippen LogP) is 3.10. The summed E-state index contributed by atoms with van der Waals surface area (Å²) in [6.45, 7) is 4.67. The van der Waals surface area contributed by atoms with Gasteiger partial charge in [-0.3, -0.25) is 0 Å². The quantitative estimate of drug-likeness (QED) is 0.783. The summed E-state index contributed by atoms with van der Waals surface area (Å²) in [5.74, 6) is 1.64. The Bertz CT molecular complexity index is 219. The van der Waals surface area contributed by atoms with Crippen LogP contribution in [0.2, 0.25) is 0 Å². The van der Waals surface area contributed by atoms with E-state index in [9.17, 15) is 0 Å². The van der Waals surface area contributed by atoms with Crippen molar-refractivity contribution < 1.29 is 4.74 Å². The van der Waals surface area contributed by atoms with Crippen molar-refractivity contribution in [1.29, 1.82) is 0 Å². The zero-order chi connectivity index (χ0) is 11.5. The molecular formula is C14H27NO. The standard InChI is InChI=1S/C14H27NO/c1-10-4-3-5-12(8-10)16-14-9-11(2)6-7-13(14)15/h10-14H,3-9,15H2,1-2H3. The molecule has 2 N–H and O–H groups in total. The molecule has 2 heteroatoms. The Morgan fingerprint density at radius 1 is 0.938 bits per heavy atom. The van der Waals surface area contributed by atoms with Gasteiger partial charge < -0.3 is 10.5 Å². The van der Waals surface area contributed by atoms with Crippen LogP contribution in [0.3, 0.4) is 0 Å². The van der Waals surface area contributed by atoms with E-state index in [1.54, 1.807) is 0 Å². The van der Waals surface area contributed by atoms with Gasteiger partial charge in [0, 0.05) is 6.04 Å². The highest BCUT2D eigenvalue weighted by Crippen LogP contribution is 2.31. The van der Waals surface area contributed by atoms with Gasteiger partial charge in [0.25, 0.3) is 0 Å². The van der Waals surface area contributed by atoms with Gasteiger partial charge in [-0.05, 0) is 43.9 Å². The van der Waals surface area contributed by atoms with E-state index in [-0.39, 0.29) is 6.04 Å². The predicted molar refractivity (Wildman–Crippen MR) is 67.3 cm³/mol. The maximum absolute atomic E-state index is 6.26. The molecule has 2 saturated carbocycles. The second kappa shape index (κ2) is 5.50. The minimum Gasteiger partial charge on any atom is -0.373 e. The van der Waals surface area contributed by atoms with Crippen LogP contribution in [0.4, 0.5) is 0 Å². The van der Waals surface area contributed by atoms with Crippen LogP contribution < -0.4 is 5.73 Å². The minimum absolute atomic E-state index is 0.286. The summed E-state index contributed by atoms with van der Waals surface area (Å²) in [6.07, 6.45) is 9.64. The van der Waals surface area contributed by atoms with Crippen molar-refractivity contribution in [1.82, 2.24) is 0 Å². The Hall–Kier alpha value is -0.0800. The topological polar surface area (TPSA) is 35.2 Å². The third-order valence-electron chi connectivity index (χ3n) is 4.36. The fraction of sp³-hybridized carbons (Fsp3) is 1.00. The Morgan fingerprint density at radius 2 is 1.69 bits per heavy atom. The highest BCUT2D eigenvalue weighted by molar-refractivity contribution is 4.83. The Balaban J connectivity index is 1.82. The van der Waals surface area contributed by atoms with E-state index in [2.05, 4.69) is 13.8 Å². The van der Waals surface area contributed by atoms with Crippen molar-refractivity contribution >= 4 is 0 Å². The molecule has 5 unspecified atom stereocenters. The number of nitrogens with two attached hydrogens (primary N) is 1. The van der Waals surface area contributed by atoms with Crippen LogP contribution in [0.25, 0.3) is 0 Å². The molecule has 0 radical (unpaired) electrons. The maximum atomic E-state index is 6.26. The first-order valence-electron chi connectivity index (χ1n) is 7.06. The summed E-state index contributed by atoms with van der Waals surface area (Å²) in [5.41, 5.74) is 6.17. The van der Waals surface area contributed by atoms with Crippen LogP contribution >= 0.6 is 0 Å². The molecule has 0 aliphatic heterocycles. The van der Waals surface area contributed by atoms with E-state index in [0.717, 1.165) is 18.3 Å². The van der Waals surface area contributed by atoms with Gasteiger partial charge in [0.1, 0.15) is 0 Å². The van der Waals surface area contributed by atoms with Gasteiger partial charge in [0.2, 0.25) is 0 Å². The van der Waals surface area contributed by atoms with Gasteiger partial charge >= 0.3 is 0 Å². The first kappa shape index (κ1) is 12.4. The Kier molecular flexibility index (Phi) is 4.26. The highest BCUT2D eigenvalue weighted by Gasteiger charge is 2.30. The van der Waals surface area contributed by atoms with E-state index in [1.165, 1.54) is 38.5 Å². The lowest BCUT2D eigenvalue weighted by Crippen LogP contribution is -2.44. The molecule has 0 aromatic heterocycles. The lowest BCUT2D eigenvalue weighted by molar-refractivity contribution is -0.0686. The average molecular weight is 225 g/mol. The van der Waals surface area contributed by atoms with Crippen molar-refractivity contribution in [3.63, 3.8) is 0 Å². The molecular weight excluding hydrogens is 198 g/mol. The van der Waals surface area contributed by atoms with Gasteiger partial charge in [0.15, 0.2) is 0 Å². The van der Waals surface area contributed by atoms with Crippen LogP contribution in [0.15, 0.2) is 0 Å². The minimum atomic E-state index is 0.286. The molecule has 2 aliphatic carbocycles. The molecule has 0 heterocycles. The summed E-state index contributed by atoms with van der Waals surface area (Å²) in [4.78, 5) is 0. The van der Waals surface area contributed by atoms with Crippen molar-refractivity contribution in [2.45, 2.75) is 77.0 Å². The molecule has 0 amide bonds. The molecule has 0 saturated heterocycles. The highest BCUT2D eigenvalue weighted by atomic mass is 16.5. The summed E-state index contributed by atoms with van der Waals surface area (Å²) in [7, 11) is 0. The van der Waals surface area contributed by atoms with Gasteiger partial charge in [0.05, 0.1) is 12.2 Å². The number of rotatable bonds is 2. The molecule has 2 nitrogen and oxygen atoms in total. The Labute approximate surface area is 99.9 Å². The van der Waals surface area contributed by atoms with Crippen molar-refractivity contribution in [2.24, 2.45) is 17.6 Å². The second-order valence-corrected chi connectivity index (χ2v) is 6.15.